The Morgan fingerprint density at radius 2 is 1.30 bits per heavy atom. The number of benzene rings is 3. The van der Waals surface area contributed by atoms with Crippen molar-refractivity contribution in [3.05, 3.63) is 129 Å². The standard InChI is InChI=1S/C25H19NO2S2/c27-24(28)23-22(29-18-26-23)16-17-30-25(19-10-4-1-5-11-19,20-12-6-2-7-13-20)21-14-8-3-9-15-21/h1-18H,(H,27,28). The normalized spacial score (nSPS) is 11.6. The third-order valence-electron chi connectivity index (χ3n) is 4.80. The topological polar surface area (TPSA) is 50.2 Å². The van der Waals surface area contributed by atoms with Crippen LogP contribution in [0.1, 0.15) is 32.1 Å². The quantitative estimate of drug-likeness (QED) is 0.339. The van der Waals surface area contributed by atoms with Crippen LogP contribution >= 0.6 is 23.1 Å². The van der Waals surface area contributed by atoms with Crippen molar-refractivity contribution < 1.29 is 9.90 Å². The summed E-state index contributed by atoms with van der Waals surface area (Å²) in [5.74, 6) is -1.01. The minimum Gasteiger partial charge on any atom is -0.476 e. The van der Waals surface area contributed by atoms with E-state index in [0.717, 1.165) is 16.7 Å². The molecule has 4 rings (SSSR count). The van der Waals surface area contributed by atoms with Crippen LogP contribution < -0.4 is 0 Å². The smallest absolute Gasteiger partial charge is 0.356 e. The van der Waals surface area contributed by atoms with Gasteiger partial charge in [-0.15, -0.1) is 23.1 Å². The fourth-order valence-electron chi connectivity index (χ4n) is 3.45. The Balaban J connectivity index is 1.86. The zero-order valence-electron chi connectivity index (χ0n) is 16.0. The largest absolute Gasteiger partial charge is 0.476 e. The van der Waals surface area contributed by atoms with Gasteiger partial charge in [0.1, 0.15) is 0 Å². The zero-order valence-corrected chi connectivity index (χ0v) is 17.6. The molecule has 0 aliphatic heterocycles. The summed E-state index contributed by atoms with van der Waals surface area (Å²) < 4.78 is -0.478. The molecule has 0 bridgehead atoms. The molecule has 3 aromatic carbocycles. The molecule has 1 N–H and O–H groups in total. The molecule has 0 saturated carbocycles. The maximum Gasteiger partial charge on any atom is 0.356 e. The molecule has 1 aromatic heterocycles. The number of thioether (sulfide) groups is 1. The lowest BCUT2D eigenvalue weighted by molar-refractivity contribution is 0.0691. The Bertz CT molecular complexity index is 1040. The van der Waals surface area contributed by atoms with E-state index in [-0.39, 0.29) is 5.69 Å². The number of hydrogen-bond acceptors (Lipinski definition) is 4. The lowest BCUT2D eigenvalue weighted by atomic mass is 9.84. The highest BCUT2D eigenvalue weighted by molar-refractivity contribution is 8.03. The first-order valence-corrected chi connectivity index (χ1v) is 11.2. The SMILES string of the molecule is O=C(O)c1ncsc1C=CSC(c1ccccc1)(c1ccccc1)c1ccccc1. The van der Waals surface area contributed by atoms with Crippen LogP contribution in [0.15, 0.2) is 102 Å². The minimum absolute atomic E-state index is 0.0848. The van der Waals surface area contributed by atoms with Crippen molar-refractivity contribution >= 4 is 35.1 Å². The van der Waals surface area contributed by atoms with Gasteiger partial charge < -0.3 is 5.11 Å². The van der Waals surface area contributed by atoms with Gasteiger partial charge in [0, 0.05) is 0 Å². The summed E-state index contributed by atoms with van der Waals surface area (Å²) in [6.07, 6.45) is 1.84. The molecule has 148 valence electrons. The molecule has 0 amide bonds. The Kier molecular flexibility index (Phi) is 6.12. The summed E-state index contributed by atoms with van der Waals surface area (Å²) in [4.78, 5) is 16.0. The molecule has 30 heavy (non-hydrogen) atoms. The van der Waals surface area contributed by atoms with E-state index in [1.165, 1.54) is 11.3 Å². The molecule has 5 heteroatoms. The Morgan fingerprint density at radius 3 is 1.73 bits per heavy atom. The Hall–Kier alpha value is -3.15. The number of carbonyl (C=O) groups is 1. The molecular formula is C25H19NO2S2. The Morgan fingerprint density at radius 1 is 0.833 bits per heavy atom. The first-order chi connectivity index (χ1) is 14.7. The van der Waals surface area contributed by atoms with Crippen molar-refractivity contribution in [3.8, 4) is 0 Å². The van der Waals surface area contributed by atoms with Gasteiger partial charge in [0.2, 0.25) is 0 Å². The van der Waals surface area contributed by atoms with Gasteiger partial charge in [0.05, 0.1) is 15.1 Å². The summed E-state index contributed by atoms with van der Waals surface area (Å²) in [5, 5.41) is 11.3. The van der Waals surface area contributed by atoms with Gasteiger partial charge in [-0.1, -0.05) is 91.0 Å². The molecular weight excluding hydrogens is 410 g/mol. The number of aromatic carboxylic acids is 1. The van der Waals surface area contributed by atoms with Crippen molar-refractivity contribution in [1.82, 2.24) is 4.98 Å². The van der Waals surface area contributed by atoms with Gasteiger partial charge in [0.25, 0.3) is 0 Å². The van der Waals surface area contributed by atoms with E-state index in [1.807, 2.05) is 66.1 Å². The highest BCUT2D eigenvalue weighted by atomic mass is 32.2. The lowest BCUT2D eigenvalue weighted by Gasteiger charge is -2.34. The van der Waals surface area contributed by atoms with Crippen LogP contribution in [-0.2, 0) is 4.75 Å². The van der Waals surface area contributed by atoms with Gasteiger partial charge in [-0.25, -0.2) is 9.78 Å². The zero-order chi connectivity index (χ0) is 20.8. The van der Waals surface area contributed by atoms with Crippen molar-refractivity contribution in [3.63, 3.8) is 0 Å². The summed E-state index contributed by atoms with van der Waals surface area (Å²) in [6.45, 7) is 0. The average Bonchev–Trinajstić information content (AvgIpc) is 3.28. The van der Waals surface area contributed by atoms with Crippen LogP contribution in [0.3, 0.4) is 0 Å². The van der Waals surface area contributed by atoms with Crippen molar-refractivity contribution in [2.24, 2.45) is 0 Å². The summed E-state index contributed by atoms with van der Waals surface area (Å²) in [5.41, 5.74) is 5.10. The number of nitrogens with zero attached hydrogens (tertiary/aromatic N) is 1. The molecule has 4 aromatic rings. The average molecular weight is 430 g/mol. The maximum atomic E-state index is 11.4. The van der Waals surface area contributed by atoms with Crippen molar-refractivity contribution in [2.75, 3.05) is 0 Å². The van der Waals surface area contributed by atoms with E-state index < -0.39 is 10.7 Å². The number of thiazole rings is 1. The third-order valence-corrected chi connectivity index (χ3v) is 6.93. The second-order valence-electron chi connectivity index (χ2n) is 6.57. The highest BCUT2D eigenvalue weighted by Gasteiger charge is 2.36. The molecule has 0 unspecified atom stereocenters. The molecule has 3 nitrogen and oxygen atoms in total. The number of aromatic nitrogens is 1. The lowest BCUT2D eigenvalue weighted by Crippen LogP contribution is -2.24. The number of rotatable bonds is 7. The summed E-state index contributed by atoms with van der Waals surface area (Å²) >= 11 is 2.98. The molecule has 0 saturated heterocycles. The first kappa shape index (κ1) is 20.1. The van der Waals surface area contributed by atoms with Gasteiger partial charge in [-0.3, -0.25) is 0 Å². The molecule has 0 spiro atoms. The van der Waals surface area contributed by atoms with E-state index in [4.69, 9.17) is 0 Å². The van der Waals surface area contributed by atoms with E-state index >= 15 is 0 Å². The summed E-state index contributed by atoms with van der Waals surface area (Å²) in [6, 6.07) is 31.1. The van der Waals surface area contributed by atoms with E-state index in [0.29, 0.717) is 4.88 Å². The van der Waals surface area contributed by atoms with Crippen LogP contribution in [0.2, 0.25) is 0 Å². The minimum atomic E-state index is -1.01. The highest BCUT2D eigenvalue weighted by Crippen LogP contribution is 2.49. The van der Waals surface area contributed by atoms with Gasteiger partial charge in [-0.2, -0.15) is 0 Å². The van der Waals surface area contributed by atoms with Crippen LogP contribution in [0.4, 0.5) is 0 Å². The van der Waals surface area contributed by atoms with Gasteiger partial charge in [-0.05, 0) is 28.2 Å². The van der Waals surface area contributed by atoms with Gasteiger partial charge in [0.15, 0.2) is 5.69 Å². The molecule has 0 aliphatic rings. The molecule has 0 atom stereocenters. The Labute approximate surface area is 183 Å². The molecule has 1 heterocycles. The number of carboxylic acid groups (broad SMARTS) is 1. The van der Waals surface area contributed by atoms with E-state index in [2.05, 4.69) is 41.4 Å². The third kappa shape index (κ3) is 3.95. The second kappa shape index (κ2) is 9.11. The molecule has 0 fully saturated rings. The number of carboxylic acids is 1. The van der Waals surface area contributed by atoms with Crippen molar-refractivity contribution in [1.29, 1.82) is 0 Å². The number of hydrogen-bond donors (Lipinski definition) is 1. The summed E-state index contributed by atoms with van der Waals surface area (Å²) in [7, 11) is 0. The fraction of sp³-hybridized carbons (Fsp3) is 0.0400. The maximum absolute atomic E-state index is 11.4. The molecule has 0 radical (unpaired) electrons. The van der Waals surface area contributed by atoms with Gasteiger partial charge >= 0.3 is 5.97 Å². The monoisotopic (exact) mass is 429 g/mol. The van der Waals surface area contributed by atoms with E-state index in [1.54, 1.807) is 17.3 Å². The second-order valence-corrected chi connectivity index (χ2v) is 8.58. The molecule has 0 aliphatic carbocycles. The fourth-order valence-corrected chi connectivity index (χ4v) is 5.44. The predicted molar refractivity (Wildman–Crippen MR) is 125 cm³/mol. The van der Waals surface area contributed by atoms with Crippen LogP contribution in [0.5, 0.6) is 0 Å². The van der Waals surface area contributed by atoms with Crippen molar-refractivity contribution in [2.45, 2.75) is 4.75 Å². The van der Waals surface area contributed by atoms with Crippen LogP contribution in [0.25, 0.3) is 6.08 Å². The predicted octanol–water partition coefficient (Wildman–Crippen LogP) is 6.54. The van der Waals surface area contributed by atoms with Crippen LogP contribution in [-0.4, -0.2) is 16.1 Å². The first-order valence-electron chi connectivity index (χ1n) is 9.39. The van der Waals surface area contributed by atoms with Crippen LogP contribution in [0, 0.1) is 0 Å². The van der Waals surface area contributed by atoms with E-state index in [9.17, 15) is 9.90 Å².